The van der Waals surface area contributed by atoms with Crippen LogP contribution >= 0.6 is 0 Å². The van der Waals surface area contributed by atoms with E-state index in [1.807, 2.05) is 6.92 Å². The highest BCUT2D eigenvalue weighted by atomic mass is 16.7. The number of phenolic OH excluding ortho intramolecular Hbond substituents is 3. The molecule has 0 spiro atoms. The van der Waals surface area contributed by atoms with Crippen LogP contribution in [0.2, 0.25) is 0 Å². The molecule has 0 bridgehead atoms. The number of hydrogen-bond donors (Lipinski definition) is 6. The van der Waals surface area contributed by atoms with Crippen LogP contribution < -0.4 is 0 Å². The van der Waals surface area contributed by atoms with Crippen LogP contribution in [-0.2, 0) is 19.0 Å². The highest BCUT2D eigenvalue weighted by molar-refractivity contribution is 5.92. The molecule has 1 heterocycles. The molecule has 0 unspecified atom stereocenters. The molecule has 1 aromatic carbocycles. The quantitative estimate of drug-likeness (QED) is 0.214. The predicted octanol–water partition coefficient (Wildman–Crippen LogP) is 1.51. The standard InChI is InChI=1S/C26H36O11/c1-12-7-15(27)10-26(3,4)16(12)6-5-13(2)36-25-23(33)22(32)21(31)19(37-25)11-35-24(34)14-8-17(28)20(30)18(29)9-14/h7-9,13,16,19,21-23,25,28-33H,5-6,10-11H2,1-4H3/t13-,16+,19-,21-,22+,23-,25-/m0/s1. The lowest BCUT2D eigenvalue weighted by molar-refractivity contribution is -0.310. The lowest BCUT2D eigenvalue weighted by Gasteiger charge is -2.41. The Hall–Kier alpha value is -2.70. The van der Waals surface area contributed by atoms with E-state index < -0.39 is 66.6 Å². The minimum absolute atomic E-state index is 0.111. The Balaban J connectivity index is 1.59. The van der Waals surface area contributed by atoms with Crippen molar-refractivity contribution in [1.82, 2.24) is 0 Å². The smallest absolute Gasteiger partial charge is 0.338 e. The molecular weight excluding hydrogens is 488 g/mol. The molecule has 0 saturated carbocycles. The second kappa shape index (κ2) is 11.4. The van der Waals surface area contributed by atoms with Crippen LogP contribution in [0.15, 0.2) is 23.8 Å². The lowest BCUT2D eigenvalue weighted by Crippen LogP contribution is -2.59. The maximum Gasteiger partial charge on any atom is 0.338 e. The number of carbonyl (C=O) groups excluding carboxylic acids is 2. The van der Waals surface area contributed by atoms with Gasteiger partial charge in [0.05, 0.1) is 11.7 Å². The van der Waals surface area contributed by atoms with E-state index in [0.717, 1.165) is 24.1 Å². The molecule has 7 atom stereocenters. The monoisotopic (exact) mass is 524 g/mol. The summed E-state index contributed by atoms with van der Waals surface area (Å²) in [6.07, 6.45) is -4.29. The van der Waals surface area contributed by atoms with Crippen molar-refractivity contribution in [2.75, 3.05) is 6.61 Å². The van der Waals surface area contributed by atoms with Crippen LogP contribution in [0.4, 0.5) is 0 Å². The van der Waals surface area contributed by atoms with Gasteiger partial charge in [-0.05, 0) is 56.2 Å². The van der Waals surface area contributed by atoms with Crippen molar-refractivity contribution in [3.8, 4) is 17.2 Å². The van der Waals surface area contributed by atoms with E-state index in [1.54, 1.807) is 13.0 Å². The minimum atomic E-state index is -1.63. The Morgan fingerprint density at radius 1 is 1.11 bits per heavy atom. The number of rotatable bonds is 8. The number of aromatic hydroxyl groups is 3. The summed E-state index contributed by atoms with van der Waals surface area (Å²) in [6, 6.07) is 1.78. The van der Waals surface area contributed by atoms with E-state index in [9.17, 15) is 40.2 Å². The summed E-state index contributed by atoms with van der Waals surface area (Å²) in [5.41, 5.74) is 0.548. The Morgan fingerprint density at radius 2 is 1.73 bits per heavy atom. The molecule has 1 aliphatic carbocycles. The van der Waals surface area contributed by atoms with Crippen LogP contribution in [-0.4, -0.2) is 85.8 Å². The van der Waals surface area contributed by atoms with Crippen LogP contribution in [0.5, 0.6) is 17.2 Å². The number of carbonyl (C=O) groups is 2. The summed E-state index contributed by atoms with van der Waals surface area (Å²) in [4.78, 5) is 24.2. The van der Waals surface area contributed by atoms with Crippen LogP contribution in [0.1, 0.15) is 57.3 Å². The van der Waals surface area contributed by atoms with E-state index >= 15 is 0 Å². The topological polar surface area (TPSA) is 183 Å². The third kappa shape index (κ3) is 6.60. The molecule has 206 valence electrons. The number of ketones is 1. The Morgan fingerprint density at radius 3 is 2.32 bits per heavy atom. The van der Waals surface area contributed by atoms with E-state index in [1.165, 1.54) is 0 Å². The summed E-state index contributed by atoms with van der Waals surface area (Å²) < 4.78 is 16.5. The number of esters is 1. The van der Waals surface area contributed by atoms with Crippen molar-refractivity contribution in [3.63, 3.8) is 0 Å². The number of hydrogen-bond acceptors (Lipinski definition) is 11. The predicted molar refractivity (Wildman–Crippen MR) is 129 cm³/mol. The van der Waals surface area contributed by atoms with Gasteiger partial charge in [0.15, 0.2) is 29.3 Å². The van der Waals surface area contributed by atoms with Crippen molar-refractivity contribution in [1.29, 1.82) is 0 Å². The first-order chi connectivity index (χ1) is 17.2. The SMILES string of the molecule is CC1=CC(=O)CC(C)(C)[C@@H]1CC[C@H](C)O[C@H]1O[C@@H](COC(=O)c2cc(O)c(O)c(O)c2)[C@H](O)[C@@H](O)[C@@H]1O. The van der Waals surface area contributed by atoms with Crippen molar-refractivity contribution >= 4 is 11.8 Å². The fraction of sp³-hybridized carbons (Fsp3) is 0.615. The minimum Gasteiger partial charge on any atom is -0.504 e. The summed E-state index contributed by atoms with van der Waals surface area (Å²) in [6.45, 7) is 7.29. The van der Waals surface area contributed by atoms with Gasteiger partial charge < -0.3 is 44.8 Å². The summed E-state index contributed by atoms with van der Waals surface area (Å²) in [5.74, 6) is -2.95. The first kappa shape index (κ1) is 28.9. The molecular formula is C26H36O11. The molecule has 37 heavy (non-hydrogen) atoms. The van der Waals surface area contributed by atoms with Gasteiger partial charge in [-0.25, -0.2) is 4.79 Å². The normalized spacial score (nSPS) is 30.5. The molecule has 1 aliphatic heterocycles. The fourth-order valence-corrected chi connectivity index (χ4v) is 5.04. The van der Waals surface area contributed by atoms with Gasteiger partial charge >= 0.3 is 5.97 Å². The molecule has 0 amide bonds. The van der Waals surface area contributed by atoms with Crippen molar-refractivity contribution < 1.29 is 54.4 Å². The summed E-state index contributed by atoms with van der Waals surface area (Å²) in [5, 5.41) is 59.6. The van der Waals surface area contributed by atoms with Crippen LogP contribution in [0, 0.1) is 11.3 Å². The third-order valence-corrected chi connectivity index (χ3v) is 7.09. The number of benzene rings is 1. The zero-order valence-corrected chi connectivity index (χ0v) is 21.3. The number of aliphatic hydroxyl groups is 3. The maximum atomic E-state index is 12.3. The Kier molecular flexibility index (Phi) is 8.86. The lowest BCUT2D eigenvalue weighted by atomic mass is 9.66. The van der Waals surface area contributed by atoms with Crippen molar-refractivity contribution in [2.45, 2.75) is 83.8 Å². The van der Waals surface area contributed by atoms with Gasteiger partial charge in [-0.2, -0.15) is 0 Å². The average Bonchev–Trinajstić information content (AvgIpc) is 2.80. The number of ether oxygens (including phenoxy) is 3. The second-order valence-corrected chi connectivity index (χ2v) is 10.6. The molecule has 1 aromatic rings. The van der Waals surface area contributed by atoms with E-state index in [4.69, 9.17) is 14.2 Å². The van der Waals surface area contributed by atoms with Gasteiger partial charge in [0.2, 0.25) is 0 Å². The van der Waals surface area contributed by atoms with Gasteiger partial charge in [0.25, 0.3) is 0 Å². The second-order valence-electron chi connectivity index (χ2n) is 10.6. The largest absolute Gasteiger partial charge is 0.504 e. The Labute approximate surface area is 214 Å². The summed E-state index contributed by atoms with van der Waals surface area (Å²) in [7, 11) is 0. The molecule has 0 aromatic heterocycles. The fourth-order valence-electron chi connectivity index (χ4n) is 5.04. The van der Waals surface area contributed by atoms with E-state index in [-0.39, 0.29) is 22.7 Å². The van der Waals surface area contributed by atoms with E-state index in [0.29, 0.717) is 12.8 Å². The molecule has 2 aliphatic rings. The first-order valence-corrected chi connectivity index (χ1v) is 12.2. The highest BCUT2D eigenvalue weighted by Gasteiger charge is 2.45. The van der Waals surface area contributed by atoms with Crippen LogP contribution in [0.25, 0.3) is 0 Å². The summed E-state index contributed by atoms with van der Waals surface area (Å²) >= 11 is 0. The Bertz CT molecular complexity index is 1010. The van der Waals surface area contributed by atoms with Gasteiger partial charge in [0.1, 0.15) is 31.0 Å². The van der Waals surface area contributed by atoms with Gasteiger partial charge in [0, 0.05) is 6.42 Å². The maximum absolute atomic E-state index is 12.3. The molecule has 3 rings (SSSR count). The van der Waals surface area contributed by atoms with Crippen LogP contribution in [0.3, 0.4) is 0 Å². The zero-order valence-electron chi connectivity index (χ0n) is 21.3. The average molecular weight is 525 g/mol. The highest BCUT2D eigenvalue weighted by Crippen LogP contribution is 2.42. The molecule has 11 nitrogen and oxygen atoms in total. The zero-order chi connectivity index (χ0) is 27.7. The van der Waals surface area contributed by atoms with Gasteiger partial charge in [-0.15, -0.1) is 0 Å². The third-order valence-electron chi connectivity index (χ3n) is 7.09. The number of aliphatic hydroxyl groups excluding tert-OH is 3. The van der Waals surface area contributed by atoms with Gasteiger partial charge in [-0.1, -0.05) is 19.4 Å². The van der Waals surface area contributed by atoms with Crippen molar-refractivity contribution in [2.24, 2.45) is 11.3 Å². The molecule has 6 N–H and O–H groups in total. The number of allylic oxidation sites excluding steroid dienone is 2. The van der Waals surface area contributed by atoms with Gasteiger partial charge in [-0.3, -0.25) is 4.79 Å². The molecule has 0 radical (unpaired) electrons. The molecule has 11 heteroatoms. The molecule has 1 fully saturated rings. The first-order valence-electron chi connectivity index (χ1n) is 12.2. The van der Waals surface area contributed by atoms with E-state index in [2.05, 4.69) is 13.8 Å². The number of phenols is 3. The van der Waals surface area contributed by atoms with Crippen molar-refractivity contribution in [3.05, 3.63) is 29.3 Å². The molecule has 1 saturated heterocycles.